The second-order valence-electron chi connectivity index (χ2n) is 7.61. The number of aliphatic hydroxyl groups is 1. The van der Waals surface area contributed by atoms with Crippen molar-refractivity contribution in [2.45, 2.75) is 24.9 Å². The molecule has 1 saturated carbocycles. The molecule has 2 saturated heterocycles. The number of hydrogen-bond acceptors (Lipinski definition) is 4. The maximum Gasteiger partial charge on any atom is 0.225 e. The average molecular weight is 329 g/mol. The smallest absolute Gasteiger partial charge is 0.225 e. The molecule has 1 amide bonds. The summed E-state index contributed by atoms with van der Waals surface area (Å²) >= 11 is 0. The van der Waals surface area contributed by atoms with Crippen LogP contribution in [0.2, 0.25) is 0 Å². The van der Waals surface area contributed by atoms with Crippen molar-refractivity contribution in [2.24, 2.45) is 5.92 Å². The van der Waals surface area contributed by atoms with Crippen LogP contribution >= 0.6 is 0 Å². The zero-order valence-corrected chi connectivity index (χ0v) is 14.2. The van der Waals surface area contributed by atoms with E-state index in [2.05, 4.69) is 34.1 Å². The van der Waals surface area contributed by atoms with E-state index in [4.69, 9.17) is 0 Å². The summed E-state index contributed by atoms with van der Waals surface area (Å²) in [6.07, 6.45) is 2.79. The molecule has 0 spiro atoms. The Morgan fingerprint density at radius 3 is 2.46 bits per heavy atom. The molecule has 1 atom stereocenters. The fourth-order valence-electron chi connectivity index (χ4n) is 3.98. The van der Waals surface area contributed by atoms with E-state index in [-0.39, 0.29) is 11.8 Å². The number of hydrogen-bond donors (Lipinski definition) is 1. The lowest BCUT2D eigenvalue weighted by Gasteiger charge is -2.39. The van der Waals surface area contributed by atoms with Crippen LogP contribution in [0, 0.1) is 5.92 Å². The van der Waals surface area contributed by atoms with Gasteiger partial charge in [0.05, 0.1) is 12.1 Å². The molecule has 24 heavy (non-hydrogen) atoms. The van der Waals surface area contributed by atoms with Crippen molar-refractivity contribution in [1.82, 2.24) is 9.80 Å². The molecule has 4 rings (SSSR count). The highest BCUT2D eigenvalue weighted by molar-refractivity contribution is 5.81. The fourth-order valence-corrected chi connectivity index (χ4v) is 3.98. The lowest BCUT2D eigenvalue weighted by atomic mass is 10.0. The van der Waals surface area contributed by atoms with Gasteiger partial charge in [0, 0.05) is 50.9 Å². The summed E-state index contributed by atoms with van der Waals surface area (Å²) in [5.74, 6) is 0.515. The summed E-state index contributed by atoms with van der Waals surface area (Å²) in [5, 5.41) is 10.9. The highest BCUT2D eigenvalue weighted by Gasteiger charge is 2.43. The molecule has 2 heterocycles. The number of rotatable bonds is 4. The summed E-state index contributed by atoms with van der Waals surface area (Å²) in [7, 11) is 0. The highest BCUT2D eigenvalue weighted by Crippen LogP contribution is 2.34. The van der Waals surface area contributed by atoms with Crippen LogP contribution in [0.3, 0.4) is 0 Å². The SMILES string of the molecule is O=C(C1CC1)N1CC[C@](O)(CN2CCN(c3ccccc3)CC2)C1. The summed E-state index contributed by atoms with van der Waals surface area (Å²) < 4.78 is 0. The Morgan fingerprint density at radius 1 is 1.08 bits per heavy atom. The zero-order valence-electron chi connectivity index (χ0n) is 14.2. The van der Waals surface area contributed by atoms with Gasteiger partial charge in [-0.3, -0.25) is 9.69 Å². The molecule has 1 aromatic carbocycles. The van der Waals surface area contributed by atoms with E-state index in [0.29, 0.717) is 19.5 Å². The largest absolute Gasteiger partial charge is 0.387 e. The van der Waals surface area contributed by atoms with Gasteiger partial charge in [0.2, 0.25) is 5.91 Å². The Balaban J connectivity index is 1.28. The van der Waals surface area contributed by atoms with Gasteiger partial charge < -0.3 is 14.9 Å². The quantitative estimate of drug-likeness (QED) is 0.901. The Labute approximate surface area is 143 Å². The number of likely N-dealkylation sites (tertiary alicyclic amines) is 1. The third-order valence-electron chi connectivity index (χ3n) is 5.58. The van der Waals surface area contributed by atoms with Crippen LogP contribution in [0.25, 0.3) is 0 Å². The van der Waals surface area contributed by atoms with E-state index in [0.717, 1.165) is 45.6 Å². The monoisotopic (exact) mass is 329 g/mol. The van der Waals surface area contributed by atoms with Gasteiger partial charge in [0.1, 0.15) is 0 Å². The molecule has 130 valence electrons. The predicted octanol–water partition coefficient (Wildman–Crippen LogP) is 1.18. The van der Waals surface area contributed by atoms with Gasteiger partial charge in [0.25, 0.3) is 0 Å². The van der Waals surface area contributed by atoms with Crippen molar-refractivity contribution in [1.29, 1.82) is 0 Å². The number of piperazine rings is 1. The van der Waals surface area contributed by atoms with Crippen molar-refractivity contribution < 1.29 is 9.90 Å². The lowest BCUT2D eigenvalue weighted by Crippen LogP contribution is -2.53. The normalized spacial score (nSPS) is 28.4. The van der Waals surface area contributed by atoms with Crippen LogP contribution in [0.1, 0.15) is 19.3 Å². The minimum absolute atomic E-state index is 0.252. The Kier molecular flexibility index (Phi) is 4.22. The topological polar surface area (TPSA) is 47.0 Å². The van der Waals surface area contributed by atoms with Crippen LogP contribution < -0.4 is 4.90 Å². The molecule has 1 N–H and O–H groups in total. The summed E-state index contributed by atoms with van der Waals surface area (Å²) in [5.41, 5.74) is 0.553. The standard InChI is InChI=1S/C19H27N3O2/c23-18(16-6-7-16)22-9-8-19(24,15-22)14-20-10-12-21(13-11-20)17-4-2-1-3-5-17/h1-5,16,24H,6-15H2/t19-/m0/s1. The molecule has 5 heteroatoms. The molecule has 1 aliphatic carbocycles. The number of nitrogens with zero attached hydrogens (tertiary/aromatic N) is 3. The Bertz CT molecular complexity index is 582. The van der Waals surface area contributed by atoms with Crippen LogP contribution in [0.5, 0.6) is 0 Å². The molecular weight excluding hydrogens is 302 g/mol. The maximum atomic E-state index is 12.2. The number of benzene rings is 1. The molecular formula is C19H27N3O2. The summed E-state index contributed by atoms with van der Waals surface area (Å²) in [6.45, 7) is 5.83. The summed E-state index contributed by atoms with van der Waals surface area (Å²) in [4.78, 5) is 18.8. The van der Waals surface area contributed by atoms with Gasteiger partial charge in [-0.25, -0.2) is 0 Å². The number of anilines is 1. The molecule has 0 bridgehead atoms. The molecule has 3 fully saturated rings. The van der Waals surface area contributed by atoms with Crippen LogP contribution in [0.4, 0.5) is 5.69 Å². The average Bonchev–Trinajstić information content (AvgIpc) is 3.39. The first-order valence-corrected chi connectivity index (χ1v) is 9.17. The molecule has 5 nitrogen and oxygen atoms in total. The van der Waals surface area contributed by atoms with E-state index in [1.165, 1.54) is 5.69 Å². The molecule has 0 unspecified atom stereocenters. The third kappa shape index (κ3) is 3.42. The van der Waals surface area contributed by atoms with Crippen molar-refractivity contribution in [2.75, 3.05) is 50.7 Å². The minimum Gasteiger partial charge on any atom is -0.387 e. The zero-order chi connectivity index (χ0) is 16.6. The van der Waals surface area contributed by atoms with Gasteiger partial charge in [-0.05, 0) is 31.4 Å². The molecule has 0 radical (unpaired) electrons. The first-order chi connectivity index (χ1) is 11.6. The number of carbonyl (C=O) groups is 1. The summed E-state index contributed by atoms with van der Waals surface area (Å²) in [6, 6.07) is 10.5. The van der Waals surface area contributed by atoms with Gasteiger partial charge in [0.15, 0.2) is 0 Å². The van der Waals surface area contributed by atoms with Gasteiger partial charge in [-0.15, -0.1) is 0 Å². The number of β-amino-alcohol motifs (C(OH)–C–C–N with tert-alkyl or cyclic N) is 1. The number of amides is 1. The van der Waals surface area contributed by atoms with E-state index in [1.54, 1.807) is 0 Å². The van der Waals surface area contributed by atoms with Gasteiger partial charge in [-0.2, -0.15) is 0 Å². The molecule has 2 aliphatic heterocycles. The van der Waals surface area contributed by atoms with E-state index in [9.17, 15) is 9.90 Å². The van der Waals surface area contributed by atoms with E-state index >= 15 is 0 Å². The van der Waals surface area contributed by atoms with Crippen molar-refractivity contribution in [3.63, 3.8) is 0 Å². The molecule has 1 aromatic rings. The maximum absolute atomic E-state index is 12.2. The molecule has 0 aromatic heterocycles. The first kappa shape index (κ1) is 15.9. The lowest BCUT2D eigenvalue weighted by molar-refractivity contribution is -0.132. The molecule has 3 aliphatic rings. The predicted molar refractivity (Wildman–Crippen MR) is 94.0 cm³/mol. The van der Waals surface area contributed by atoms with Crippen molar-refractivity contribution >= 4 is 11.6 Å². The van der Waals surface area contributed by atoms with Crippen molar-refractivity contribution in [3.8, 4) is 0 Å². The van der Waals surface area contributed by atoms with E-state index in [1.807, 2.05) is 11.0 Å². The minimum atomic E-state index is -0.723. The van der Waals surface area contributed by atoms with Crippen LogP contribution in [-0.2, 0) is 4.79 Å². The number of carbonyl (C=O) groups excluding carboxylic acids is 1. The van der Waals surface area contributed by atoms with Crippen LogP contribution in [-0.4, -0.2) is 72.2 Å². The third-order valence-corrected chi connectivity index (χ3v) is 5.58. The van der Waals surface area contributed by atoms with Gasteiger partial charge >= 0.3 is 0 Å². The second kappa shape index (κ2) is 6.37. The Hall–Kier alpha value is -1.59. The fraction of sp³-hybridized carbons (Fsp3) is 0.632. The van der Waals surface area contributed by atoms with E-state index < -0.39 is 5.60 Å². The first-order valence-electron chi connectivity index (χ1n) is 9.17. The van der Waals surface area contributed by atoms with Crippen molar-refractivity contribution in [3.05, 3.63) is 30.3 Å². The highest BCUT2D eigenvalue weighted by atomic mass is 16.3. The Morgan fingerprint density at radius 2 is 1.79 bits per heavy atom. The van der Waals surface area contributed by atoms with Gasteiger partial charge in [-0.1, -0.05) is 18.2 Å². The number of para-hydroxylation sites is 1. The second-order valence-corrected chi connectivity index (χ2v) is 7.61. The van der Waals surface area contributed by atoms with Crippen LogP contribution in [0.15, 0.2) is 30.3 Å².